The summed E-state index contributed by atoms with van der Waals surface area (Å²) in [6.45, 7) is 11.6. The molecule has 0 fully saturated rings. The minimum absolute atomic E-state index is 0.112. The van der Waals surface area contributed by atoms with Crippen LogP contribution in [-0.4, -0.2) is 13.9 Å². The van der Waals surface area contributed by atoms with Gasteiger partial charge in [-0.15, -0.1) is 11.8 Å². The van der Waals surface area contributed by atoms with Gasteiger partial charge in [0.1, 0.15) is 0 Å². The summed E-state index contributed by atoms with van der Waals surface area (Å²) in [5, 5.41) is 0.194. The van der Waals surface area contributed by atoms with Crippen LogP contribution in [-0.2, 0) is 5.75 Å². The molecule has 0 aliphatic heterocycles. The first kappa shape index (κ1) is 19.7. The van der Waals surface area contributed by atoms with E-state index in [-0.39, 0.29) is 10.8 Å². The van der Waals surface area contributed by atoms with Crippen LogP contribution in [0, 0.1) is 0 Å². The van der Waals surface area contributed by atoms with Gasteiger partial charge in [0, 0.05) is 11.3 Å². The molecule has 0 unspecified atom stereocenters. The molecule has 0 aliphatic carbocycles. The Hall–Kier alpha value is -1.58. The van der Waals surface area contributed by atoms with Crippen molar-refractivity contribution < 1.29 is 4.79 Å². The molecule has 2 rings (SSSR count). The molecule has 2 aromatic carbocycles. The van der Waals surface area contributed by atoms with Crippen molar-refractivity contribution in [1.29, 1.82) is 0 Å². The summed E-state index contributed by atoms with van der Waals surface area (Å²) in [7, 11) is -1.78. The van der Waals surface area contributed by atoms with Gasteiger partial charge in [-0.1, -0.05) is 94.5 Å². The van der Waals surface area contributed by atoms with Crippen LogP contribution in [0.2, 0.25) is 18.1 Å². The number of rotatable bonds is 6. The average Bonchev–Trinajstić information content (AvgIpc) is 2.59. The third-order valence-corrected chi connectivity index (χ3v) is 13.0. The van der Waals surface area contributed by atoms with Crippen LogP contribution in [0.1, 0.15) is 36.7 Å². The fourth-order valence-corrected chi connectivity index (χ4v) is 6.83. The van der Waals surface area contributed by atoms with E-state index in [1.54, 1.807) is 0 Å². The summed E-state index contributed by atoms with van der Waals surface area (Å²) in [4.78, 5) is 12.8. The van der Waals surface area contributed by atoms with Gasteiger partial charge in [-0.05, 0) is 21.2 Å². The lowest BCUT2D eigenvalue weighted by Gasteiger charge is -2.38. The van der Waals surface area contributed by atoms with Crippen molar-refractivity contribution in [1.82, 2.24) is 0 Å². The van der Waals surface area contributed by atoms with Crippen LogP contribution in [0.15, 0.2) is 71.3 Å². The van der Waals surface area contributed by atoms with E-state index in [0.717, 1.165) is 11.3 Å². The number of carbonyl (C=O) groups excluding carboxylic acids is 1. The van der Waals surface area contributed by atoms with E-state index in [1.165, 1.54) is 10.1 Å². The van der Waals surface area contributed by atoms with Gasteiger partial charge < -0.3 is 0 Å². The van der Waals surface area contributed by atoms with Crippen molar-refractivity contribution in [3.63, 3.8) is 0 Å². The van der Waals surface area contributed by atoms with Crippen molar-refractivity contribution in [2.75, 3.05) is 0 Å². The van der Waals surface area contributed by atoms with Gasteiger partial charge in [0.15, 0.2) is 5.78 Å². The SMILES string of the molecule is CC(C)(C)[Si](C)(C)/C(=C/C(=O)c1ccccc1)SCc1ccccc1. The molecule has 25 heavy (non-hydrogen) atoms. The molecule has 1 nitrogen and oxygen atoms in total. The topological polar surface area (TPSA) is 17.1 Å². The fourth-order valence-electron chi connectivity index (χ4n) is 2.31. The Bertz CT molecular complexity index is 728. The third-order valence-electron chi connectivity index (χ3n) is 5.05. The van der Waals surface area contributed by atoms with E-state index in [2.05, 4.69) is 58.1 Å². The Kier molecular flexibility index (Phi) is 6.47. The zero-order valence-electron chi connectivity index (χ0n) is 15.9. The van der Waals surface area contributed by atoms with Crippen molar-refractivity contribution in [2.24, 2.45) is 0 Å². The molecular formula is C22H28OSSi. The van der Waals surface area contributed by atoms with Crippen LogP contribution < -0.4 is 0 Å². The Morgan fingerprint density at radius 2 is 1.48 bits per heavy atom. The summed E-state index contributed by atoms with van der Waals surface area (Å²) < 4.78 is 1.28. The normalized spacial score (nSPS) is 12.9. The highest BCUT2D eigenvalue weighted by molar-refractivity contribution is 8.04. The van der Waals surface area contributed by atoms with E-state index in [9.17, 15) is 4.79 Å². The molecule has 0 saturated carbocycles. The number of allylic oxidation sites excluding steroid dienone is 1. The van der Waals surface area contributed by atoms with Crippen LogP contribution in [0.25, 0.3) is 0 Å². The Balaban J connectivity index is 2.31. The smallest absolute Gasteiger partial charge is 0.186 e. The number of benzene rings is 2. The van der Waals surface area contributed by atoms with Gasteiger partial charge >= 0.3 is 0 Å². The van der Waals surface area contributed by atoms with E-state index in [1.807, 2.05) is 54.2 Å². The van der Waals surface area contributed by atoms with Crippen molar-refractivity contribution >= 4 is 25.6 Å². The average molecular weight is 369 g/mol. The summed E-state index contributed by atoms with van der Waals surface area (Å²) in [6.07, 6.45) is 1.90. The standard InChI is InChI=1S/C22H28OSSi/c1-22(2,3)25(4,5)21(24-17-18-12-8-6-9-13-18)16-20(23)19-14-10-7-11-15-19/h6-16H,17H2,1-5H3/b21-16+. The van der Waals surface area contributed by atoms with Gasteiger partial charge in [-0.25, -0.2) is 0 Å². The second kappa shape index (κ2) is 8.20. The molecule has 0 spiro atoms. The number of hydrogen-bond acceptors (Lipinski definition) is 2. The summed E-state index contributed by atoms with van der Waals surface area (Å²) in [5.41, 5.74) is 2.06. The van der Waals surface area contributed by atoms with E-state index < -0.39 is 8.07 Å². The number of carbonyl (C=O) groups is 1. The predicted molar refractivity (Wildman–Crippen MR) is 114 cm³/mol. The minimum Gasteiger partial charge on any atom is -0.289 e. The van der Waals surface area contributed by atoms with Gasteiger partial charge in [0.05, 0.1) is 8.07 Å². The molecule has 0 atom stereocenters. The number of ketones is 1. The molecule has 132 valence electrons. The van der Waals surface area contributed by atoms with Crippen molar-refractivity contribution in [3.05, 3.63) is 82.4 Å². The van der Waals surface area contributed by atoms with E-state index in [0.29, 0.717) is 0 Å². The van der Waals surface area contributed by atoms with Gasteiger partial charge in [0.2, 0.25) is 0 Å². The van der Waals surface area contributed by atoms with Crippen LogP contribution in [0.4, 0.5) is 0 Å². The van der Waals surface area contributed by atoms with Crippen LogP contribution in [0.5, 0.6) is 0 Å². The highest BCUT2D eigenvalue weighted by Gasteiger charge is 2.39. The second-order valence-electron chi connectivity index (χ2n) is 7.89. The molecule has 2 aromatic rings. The molecule has 0 radical (unpaired) electrons. The zero-order valence-corrected chi connectivity index (χ0v) is 17.7. The second-order valence-corrected chi connectivity index (χ2v) is 14.6. The maximum Gasteiger partial charge on any atom is 0.186 e. The molecule has 0 heterocycles. The molecule has 0 bridgehead atoms. The summed E-state index contributed by atoms with van der Waals surface area (Å²) in [6, 6.07) is 20.0. The van der Waals surface area contributed by atoms with Crippen LogP contribution in [0.3, 0.4) is 0 Å². The lowest BCUT2D eigenvalue weighted by molar-refractivity contribution is 0.104. The lowest BCUT2D eigenvalue weighted by atomic mass is 10.1. The first-order chi connectivity index (χ1) is 11.7. The summed E-state index contributed by atoms with van der Waals surface area (Å²) >= 11 is 1.83. The summed E-state index contributed by atoms with van der Waals surface area (Å²) in [5.74, 6) is 1.02. The monoisotopic (exact) mass is 368 g/mol. The number of hydrogen-bond donors (Lipinski definition) is 0. The zero-order chi connectivity index (χ0) is 18.5. The molecule has 3 heteroatoms. The Morgan fingerprint density at radius 1 is 0.960 bits per heavy atom. The van der Waals surface area contributed by atoms with Gasteiger partial charge in [-0.3, -0.25) is 4.79 Å². The van der Waals surface area contributed by atoms with E-state index in [4.69, 9.17) is 0 Å². The minimum atomic E-state index is -1.78. The highest BCUT2D eigenvalue weighted by Crippen LogP contribution is 2.45. The largest absolute Gasteiger partial charge is 0.289 e. The highest BCUT2D eigenvalue weighted by atomic mass is 32.2. The molecule has 0 saturated heterocycles. The molecule has 0 aliphatic rings. The molecule has 0 N–H and O–H groups in total. The Morgan fingerprint density at radius 3 is 2.00 bits per heavy atom. The Labute approximate surface area is 157 Å². The van der Waals surface area contributed by atoms with Crippen LogP contribution >= 0.6 is 11.8 Å². The maximum atomic E-state index is 12.8. The molecule has 0 amide bonds. The maximum absolute atomic E-state index is 12.8. The van der Waals surface area contributed by atoms with Crippen molar-refractivity contribution in [2.45, 2.75) is 44.7 Å². The molecule has 0 aromatic heterocycles. The third kappa shape index (κ3) is 5.19. The van der Waals surface area contributed by atoms with Gasteiger partial charge in [-0.2, -0.15) is 0 Å². The van der Waals surface area contributed by atoms with Gasteiger partial charge in [0.25, 0.3) is 0 Å². The molecular weight excluding hydrogens is 340 g/mol. The first-order valence-electron chi connectivity index (χ1n) is 8.70. The van der Waals surface area contributed by atoms with E-state index >= 15 is 0 Å². The predicted octanol–water partition coefficient (Wildman–Crippen LogP) is 6.73. The fraction of sp³-hybridized carbons (Fsp3) is 0.318. The lowest BCUT2D eigenvalue weighted by Crippen LogP contribution is -2.39. The quantitative estimate of drug-likeness (QED) is 0.319. The number of thioether (sulfide) groups is 1. The first-order valence-corrected chi connectivity index (χ1v) is 12.7. The van der Waals surface area contributed by atoms with Crippen molar-refractivity contribution in [3.8, 4) is 0 Å².